The molecule has 0 saturated carbocycles. The summed E-state index contributed by atoms with van der Waals surface area (Å²) in [6.45, 7) is 5.60. The monoisotopic (exact) mass is 327 g/mol. The summed E-state index contributed by atoms with van der Waals surface area (Å²) in [7, 11) is 0. The van der Waals surface area contributed by atoms with Gasteiger partial charge in [0.2, 0.25) is 5.91 Å². The third-order valence-corrected chi connectivity index (χ3v) is 3.89. The summed E-state index contributed by atoms with van der Waals surface area (Å²) in [5.41, 5.74) is 0. The van der Waals surface area contributed by atoms with Gasteiger partial charge in [0.1, 0.15) is 5.76 Å². The van der Waals surface area contributed by atoms with E-state index in [0.717, 1.165) is 19.3 Å². The summed E-state index contributed by atoms with van der Waals surface area (Å²) in [6, 6.07) is -0.669. The Morgan fingerprint density at radius 1 is 0.913 bits per heavy atom. The lowest BCUT2D eigenvalue weighted by molar-refractivity contribution is -0.137. The first kappa shape index (κ1) is 21.5. The first-order valence-electron chi connectivity index (χ1n) is 8.86. The van der Waals surface area contributed by atoms with Crippen LogP contribution in [0.5, 0.6) is 0 Å². The highest BCUT2D eigenvalue weighted by Crippen LogP contribution is 2.11. The van der Waals surface area contributed by atoms with Gasteiger partial charge in [-0.05, 0) is 12.8 Å². The Bertz CT molecular complexity index is 355. The summed E-state index contributed by atoms with van der Waals surface area (Å²) in [4.78, 5) is 22.3. The summed E-state index contributed by atoms with van der Waals surface area (Å²) in [5.74, 6) is -1.30. The predicted molar refractivity (Wildman–Crippen MR) is 92.4 cm³/mol. The molecule has 0 aliphatic heterocycles. The minimum Gasteiger partial charge on any atom is -0.511 e. The van der Waals surface area contributed by atoms with Crippen LogP contribution in [0, 0.1) is 0 Å². The molecule has 0 aliphatic carbocycles. The molecule has 0 heterocycles. The van der Waals surface area contributed by atoms with Gasteiger partial charge >= 0.3 is 5.97 Å². The Kier molecular flexibility index (Phi) is 13.2. The van der Waals surface area contributed by atoms with Crippen molar-refractivity contribution in [3.8, 4) is 0 Å². The van der Waals surface area contributed by atoms with Crippen LogP contribution in [-0.2, 0) is 9.59 Å². The van der Waals surface area contributed by atoms with Crippen LogP contribution in [0.4, 0.5) is 0 Å². The number of carbonyl (C=O) groups excluding carboxylic acids is 1. The molecule has 0 aromatic rings. The van der Waals surface area contributed by atoms with Crippen LogP contribution in [0.25, 0.3) is 0 Å². The number of aliphatic hydroxyl groups excluding tert-OH is 1. The van der Waals surface area contributed by atoms with E-state index in [1.165, 1.54) is 38.5 Å². The number of unbranched alkanes of at least 4 members (excludes halogenated alkanes) is 8. The molecule has 5 nitrogen and oxygen atoms in total. The number of amides is 1. The second kappa shape index (κ2) is 14.1. The fourth-order valence-corrected chi connectivity index (χ4v) is 2.45. The van der Waals surface area contributed by atoms with Gasteiger partial charge in [-0.2, -0.15) is 0 Å². The summed E-state index contributed by atoms with van der Waals surface area (Å²) in [5, 5.41) is 20.7. The molecule has 0 aliphatic rings. The quantitative estimate of drug-likeness (QED) is 0.309. The summed E-state index contributed by atoms with van der Waals surface area (Å²) >= 11 is 0. The van der Waals surface area contributed by atoms with Crippen LogP contribution < -0.4 is 5.32 Å². The van der Waals surface area contributed by atoms with Crippen molar-refractivity contribution in [2.24, 2.45) is 0 Å². The maximum Gasteiger partial charge on any atom is 0.303 e. The van der Waals surface area contributed by atoms with Crippen molar-refractivity contribution in [3.63, 3.8) is 0 Å². The van der Waals surface area contributed by atoms with Crippen molar-refractivity contribution in [1.82, 2.24) is 5.32 Å². The van der Waals surface area contributed by atoms with E-state index in [9.17, 15) is 14.7 Å². The second-order valence-electron chi connectivity index (χ2n) is 6.12. The first-order valence-corrected chi connectivity index (χ1v) is 8.86. The van der Waals surface area contributed by atoms with Gasteiger partial charge in [0.15, 0.2) is 0 Å². The molecule has 0 bridgehead atoms. The Labute approximate surface area is 140 Å². The number of carbonyl (C=O) groups is 2. The number of aliphatic hydroxyl groups is 1. The summed E-state index contributed by atoms with van der Waals surface area (Å²) in [6.07, 6.45) is 11.2. The number of carboxylic acids is 1. The molecular weight excluding hydrogens is 294 g/mol. The molecule has 0 radical (unpaired) electrons. The molecule has 1 amide bonds. The first-order chi connectivity index (χ1) is 11.0. The number of hydrogen-bond donors (Lipinski definition) is 3. The molecular formula is C18H33NO4. The lowest BCUT2D eigenvalue weighted by atomic mass is 10.1. The minimum atomic E-state index is -0.954. The van der Waals surface area contributed by atoms with Crippen LogP contribution >= 0.6 is 0 Å². The largest absolute Gasteiger partial charge is 0.511 e. The van der Waals surface area contributed by atoms with Crippen molar-refractivity contribution in [2.75, 3.05) is 0 Å². The average molecular weight is 327 g/mol. The maximum atomic E-state index is 11.8. The zero-order valence-corrected chi connectivity index (χ0v) is 14.5. The molecule has 3 N–H and O–H groups in total. The summed E-state index contributed by atoms with van der Waals surface area (Å²) < 4.78 is 0. The zero-order chi connectivity index (χ0) is 17.5. The molecule has 0 saturated heterocycles. The van der Waals surface area contributed by atoms with E-state index in [1.807, 2.05) is 0 Å². The van der Waals surface area contributed by atoms with E-state index in [4.69, 9.17) is 5.11 Å². The molecule has 0 spiro atoms. The van der Waals surface area contributed by atoms with Gasteiger partial charge in [0.05, 0.1) is 6.04 Å². The maximum absolute atomic E-state index is 11.8. The van der Waals surface area contributed by atoms with Crippen LogP contribution in [0.3, 0.4) is 0 Å². The highest BCUT2D eigenvalue weighted by atomic mass is 16.4. The zero-order valence-electron chi connectivity index (χ0n) is 14.5. The average Bonchev–Trinajstić information content (AvgIpc) is 2.49. The molecule has 0 aromatic heterocycles. The van der Waals surface area contributed by atoms with E-state index < -0.39 is 12.0 Å². The SMILES string of the molecule is C=C(O)C(CCC(=O)O)NC(=O)CCCCCCCCCCC. The number of carboxylic acid groups (broad SMARTS) is 1. The third-order valence-electron chi connectivity index (χ3n) is 3.89. The van der Waals surface area contributed by atoms with Crippen molar-refractivity contribution >= 4 is 11.9 Å². The van der Waals surface area contributed by atoms with E-state index >= 15 is 0 Å². The van der Waals surface area contributed by atoms with Gasteiger partial charge in [-0.15, -0.1) is 0 Å². The smallest absolute Gasteiger partial charge is 0.303 e. The molecule has 1 atom stereocenters. The van der Waals surface area contributed by atoms with E-state index in [2.05, 4.69) is 18.8 Å². The van der Waals surface area contributed by atoms with Crippen molar-refractivity contribution in [1.29, 1.82) is 0 Å². The Morgan fingerprint density at radius 2 is 1.43 bits per heavy atom. The van der Waals surface area contributed by atoms with Crippen LogP contribution in [-0.4, -0.2) is 28.1 Å². The highest BCUT2D eigenvalue weighted by Gasteiger charge is 2.16. The number of aliphatic carboxylic acids is 1. The predicted octanol–water partition coefficient (Wildman–Crippen LogP) is 4.33. The van der Waals surface area contributed by atoms with Crippen molar-refractivity contribution in [2.45, 2.75) is 90.0 Å². The molecule has 0 aromatic carbocycles. The fourth-order valence-electron chi connectivity index (χ4n) is 2.45. The molecule has 5 heteroatoms. The molecule has 0 rings (SSSR count). The Hall–Kier alpha value is -1.52. The van der Waals surface area contributed by atoms with Crippen LogP contribution in [0.1, 0.15) is 84.0 Å². The van der Waals surface area contributed by atoms with Gasteiger partial charge in [-0.1, -0.05) is 64.9 Å². The molecule has 0 fully saturated rings. The third kappa shape index (κ3) is 13.8. The molecule has 23 heavy (non-hydrogen) atoms. The van der Waals surface area contributed by atoms with Gasteiger partial charge in [0.25, 0.3) is 0 Å². The fraction of sp³-hybridized carbons (Fsp3) is 0.778. The lowest BCUT2D eigenvalue weighted by Crippen LogP contribution is -2.36. The van der Waals surface area contributed by atoms with E-state index in [-0.39, 0.29) is 24.5 Å². The highest BCUT2D eigenvalue weighted by molar-refractivity contribution is 5.76. The van der Waals surface area contributed by atoms with Gasteiger partial charge in [-0.25, -0.2) is 0 Å². The molecule has 1 unspecified atom stereocenters. The van der Waals surface area contributed by atoms with E-state index in [0.29, 0.717) is 6.42 Å². The lowest BCUT2D eigenvalue weighted by Gasteiger charge is -2.16. The number of nitrogens with one attached hydrogen (secondary N) is 1. The topological polar surface area (TPSA) is 86.6 Å². The molecule has 134 valence electrons. The standard InChI is InChI=1S/C18H33NO4/c1-3-4-5-6-7-8-9-10-11-12-17(21)19-16(15(2)20)13-14-18(22)23/h16,20H,2-14H2,1H3,(H,19,21)(H,22,23). The number of rotatable bonds is 15. The van der Waals surface area contributed by atoms with Crippen LogP contribution in [0.15, 0.2) is 12.3 Å². The van der Waals surface area contributed by atoms with Crippen molar-refractivity contribution in [3.05, 3.63) is 12.3 Å². The minimum absolute atomic E-state index is 0.109. The van der Waals surface area contributed by atoms with Gasteiger partial charge < -0.3 is 15.5 Å². The van der Waals surface area contributed by atoms with Crippen LogP contribution in [0.2, 0.25) is 0 Å². The normalized spacial score (nSPS) is 11.9. The van der Waals surface area contributed by atoms with E-state index in [1.54, 1.807) is 0 Å². The Morgan fingerprint density at radius 3 is 1.91 bits per heavy atom. The van der Waals surface area contributed by atoms with Crippen molar-refractivity contribution < 1.29 is 19.8 Å². The van der Waals surface area contributed by atoms with Gasteiger partial charge in [-0.3, -0.25) is 9.59 Å². The van der Waals surface area contributed by atoms with Gasteiger partial charge in [0, 0.05) is 12.8 Å². The number of hydrogen-bond acceptors (Lipinski definition) is 3. The second-order valence-corrected chi connectivity index (χ2v) is 6.12. The Balaban J connectivity index is 3.67.